The number of carbonyl (C=O) groups is 1. The van der Waals surface area contributed by atoms with Crippen LogP contribution in [0.25, 0.3) is 0 Å². The van der Waals surface area contributed by atoms with Crippen molar-refractivity contribution in [1.29, 1.82) is 0 Å². The standard InChI is InChI=1S/C16H23NO3S/c1-11(2)17-16(15(18)19)9-8-14(10-16)21-13-6-4-12(20-3)5-7-13/h4-7,11,14,17H,8-10H2,1-3H3,(H,18,19). The van der Waals surface area contributed by atoms with Gasteiger partial charge in [-0.15, -0.1) is 11.8 Å². The molecular weight excluding hydrogens is 286 g/mol. The van der Waals surface area contributed by atoms with Gasteiger partial charge in [0.1, 0.15) is 11.3 Å². The maximum absolute atomic E-state index is 11.7. The fourth-order valence-corrected chi connectivity index (χ4v) is 4.17. The second-order valence-corrected chi connectivity index (χ2v) is 7.22. The van der Waals surface area contributed by atoms with Gasteiger partial charge >= 0.3 is 5.97 Å². The summed E-state index contributed by atoms with van der Waals surface area (Å²) in [4.78, 5) is 12.8. The Balaban J connectivity index is 2.01. The van der Waals surface area contributed by atoms with Crippen LogP contribution in [0.4, 0.5) is 0 Å². The number of aliphatic carboxylic acids is 1. The average Bonchev–Trinajstić information content (AvgIpc) is 2.83. The SMILES string of the molecule is COc1ccc(SC2CCC(NC(C)C)(C(=O)O)C2)cc1. The summed E-state index contributed by atoms with van der Waals surface area (Å²) in [5.41, 5.74) is -0.766. The van der Waals surface area contributed by atoms with Crippen molar-refractivity contribution in [3.8, 4) is 5.75 Å². The fourth-order valence-electron chi connectivity index (χ4n) is 2.89. The third kappa shape index (κ3) is 3.92. The summed E-state index contributed by atoms with van der Waals surface area (Å²) < 4.78 is 5.15. The van der Waals surface area contributed by atoms with E-state index in [0.29, 0.717) is 18.1 Å². The maximum atomic E-state index is 11.7. The predicted octanol–water partition coefficient (Wildman–Crippen LogP) is 3.16. The summed E-state index contributed by atoms with van der Waals surface area (Å²) in [6, 6.07) is 8.11. The minimum Gasteiger partial charge on any atom is -0.497 e. The molecular formula is C16H23NO3S. The lowest BCUT2D eigenvalue weighted by Gasteiger charge is -2.28. The van der Waals surface area contributed by atoms with Crippen LogP contribution in [0, 0.1) is 0 Å². The normalized spacial score (nSPS) is 25.2. The lowest BCUT2D eigenvalue weighted by Crippen LogP contribution is -2.53. The molecule has 0 radical (unpaired) electrons. The first-order valence-corrected chi connectivity index (χ1v) is 8.15. The summed E-state index contributed by atoms with van der Waals surface area (Å²) in [6.07, 6.45) is 2.27. The number of nitrogens with one attached hydrogen (secondary N) is 1. The number of methoxy groups -OCH3 is 1. The number of benzene rings is 1. The monoisotopic (exact) mass is 309 g/mol. The molecule has 1 aromatic rings. The number of rotatable bonds is 6. The Morgan fingerprint density at radius 2 is 2.10 bits per heavy atom. The van der Waals surface area contributed by atoms with Crippen LogP contribution in [-0.2, 0) is 4.79 Å². The van der Waals surface area contributed by atoms with Crippen LogP contribution in [0.1, 0.15) is 33.1 Å². The third-order valence-electron chi connectivity index (χ3n) is 3.81. The Bertz CT molecular complexity index is 489. The molecule has 1 saturated carbocycles. The van der Waals surface area contributed by atoms with Crippen LogP contribution in [0.5, 0.6) is 5.75 Å². The van der Waals surface area contributed by atoms with Crippen molar-refractivity contribution in [2.24, 2.45) is 0 Å². The summed E-state index contributed by atoms with van der Waals surface area (Å²) in [6.45, 7) is 3.99. The maximum Gasteiger partial charge on any atom is 0.323 e. The van der Waals surface area contributed by atoms with Gasteiger partial charge in [-0.3, -0.25) is 10.1 Å². The van der Waals surface area contributed by atoms with Gasteiger partial charge in [0.05, 0.1) is 7.11 Å². The van der Waals surface area contributed by atoms with Gasteiger partial charge < -0.3 is 9.84 Å². The van der Waals surface area contributed by atoms with E-state index in [1.807, 2.05) is 38.1 Å². The molecule has 0 bridgehead atoms. The van der Waals surface area contributed by atoms with Crippen molar-refractivity contribution in [1.82, 2.24) is 5.32 Å². The number of hydrogen-bond donors (Lipinski definition) is 2. The van der Waals surface area contributed by atoms with Crippen LogP contribution in [0.15, 0.2) is 29.2 Å². The first-order chi connectivity index (χ1) is 9.95. The third-order valence-corrected chi connectivity index (χ3v) is 5.09. The molecule has 1 aliphatic rings. The van der Waals surface area contributed by atoms with Crippen molar-refractivity contribution in [2.45, 2.75) is 54.8 Å². The molecule has 0 amide bonds. The minimum absolute atomic E-state index is 0.172. The lowest BCUT2D eigenvalue weighted by atomic mass is 9.97. The van der Waals surface area contributed by atoms with Crippen molar-refractivity contribution < 1.29 is 14.6 Å². The van der Waals surface area contributed by atoms with E-state index in [4.69, 9.17) is 4.74 Å². The molecule has 0 saturated heterocycles. The molecule has 1 aromatic carbocycles. The zero-order chi connectivity index (χ0) is 15.5. The Labute approximate surface area is 130 Å². The Morgan fingerprint density at radius 1 is 1.43 bits per heavy atom. The highest BCUT2D eigenvalue weighted by molar-refractivity contribution is 8.00. The molecule has 1 fully saturated rings. The van der Waals surface area contributed by atoms with Gasteiger partial charge in [-0.25, -0.2) is 0 Å². The average molecular weight is 309 g/mol. The molecule has 1 aliphatic carbocycles. The highest BCUT2D eigenvalue weighted by Gasteiger charge is 2.45. The Morgan fingerprint density at radius 3 is 2.62 bits per heavy atom. The van der Waals surface area contributed by atoms with Gasteiger partial charge in [0.15, 0.2) is 0 Å². The van der Waals surface area contributed by atoms with Crippen molar-refractivity contribution in [2.75, 3.05) is 7.11 Å². The van der Waals surface area contributed by atoms with Crippen molar-refractivity contribution in [3.05, 3.63) is 24.3 Å². The number of ether oxygens (including phenoxy) is 1. The van der Waals surface area contributed by atoms with Gasteiger partial charge in [-0.05, 0) is 57.4 Å². The summed E-state index contributed by atoms with van der Waals surface area (Å²) in [5, 5.41) is 13.2. The van der Waals surface area contributed by atoms with Crippen LogP contribution in [0.3, 0.4) is 0 Å². The van der Waals surface area contributed by atoms with Gasteiger partial charge in [0.25, 0.3) is 0 Å². The van der Waals surface area contributed by atoms with E-state index in [1.165, 1.54) is 0 Å². The smallest absolute Gasteiger partial charge is 0.323 e. The van der Waals surface area contributed by atoms with E-state index in [2.05, 4.69) is 5.32 Å². The van der Waals surface area contributed by atoms with E-state index >= 15 is 0 Å². The van der Waals surface area contributed by atoms with E-state index < -0.39 is 11.5 Å². The van der Waals surface area contributed by atoms with Gasteiger partial charge in [0.2, 0.25) is 0 Å². The van der Waals surface area contributed by atoms with Gasteiger partial charge in [-0.1, -0.05) is 0 Å². The Kier molecular flexibility index (Phi) is 5.17. The van der Waals surface area contributed by atoms with E-state index in [1.54, 1.807) is 18.9 Å². The van der Waals surface area contributed by atoms with E-state index in [0.717, 1.165) is 17.1 Å². The molecule has 2 atom stereocenters. The van der Waals surface area contributed by atoms with Crippen LogP contribution < -0.4 is 10.1 Å². The van der Waals surface area contributed by atoms with Crippen LogP contribution >= 0.6 is 11.8 Å². The van der Waals surface area contributed by atoms with Gasteiger partial charge in [0, 0.05) is 16.2 Å². The molecule has 2 N–H and O–H groups in total. The lowest BCUT2D eigenvalue weighted by molar-refractivity contribution is -0.145. The van der Waals surface area contributed by atoms with Crippen molar-refractivity contribution in [3.63, 3.8) is 0 Å². The van der Waals surface area contributed by atoms with Crippen molar-refractivity contribution >= 4 is 17.7 Å². The molecule has 0 spiro atoms. The zero-order valence-electron chi connectivity index (χ0n) is 12.8. The number of hydrogen-bond acceptors (Lipinski definition) is 4. The number of thioether (sulfide) groups is 1. The molecule has 5 heteroatoms. The van der Waals surface area contributed by atoms with Crippen LogP contribution in [0.2, 0.25) is 0 Å². The second kappa shape index (κ2) is 6.71. The molecule has 21 heavy (non-hydrogen) atoms. The molecule has 2 rings (SSSR count). The number of carboxylic acids is 1. The first-order valence-electron chi connectivity index (χ1n) is 7.27. The predicted molar refractivity (Wildman–Crippen MR) is 85.1 cm³/mol. The minimum atomic E-state index is -0.766. The summed E-state index contributed by atoms with van der Waals surface area (Å²) in [7, 11) is 1.65. The molecule has 4 nitrogen and oxygen atoms in total. The largest absolute Gasteiger partial charge is 0.497 e. The quantitative estimate of drug-likeness (QED) is 0.845. The Hall–Kier alpha value is -1.20. The second-order valence-electron chi connectivity index (χ2n) is 5.84. The highest BCUT2D eigenvalue weighted by atomic mass is 32.2. The summed E-state index contributed by atoms with van der Waals surface area (Å²) >= 11 is 1.76. The van der Waals surface area contributed by atoms with Gasteiger partial charge in [-0.2, -0.15) is 0 Å². The molecule has 0 heterocycles. The van der Waals surface area contributed by atoms with Crippen LogP contribution in [-0.4, -0.2) is 35.0 Å². The zero-order valence-corrected chi connectivity index (χ0v) is 13.6. The van der Waals surface area contributed by atoms with E-state index in [9.17, 15) is 9.90 Å². The summed E-state index contributed by atoms with van der Waals surface area (Å²) in [5.74, 6) is 0.112. The topological polar surface area (TPSA) is 58.6 Å². The molecule has 0 aromatic heterocycles. The fraction of sp³-hybridized carbons (Fsp3) is 0.562. The highest BCUT2D eigenvalue weighted by Crippen LogP contribution is 2.41. The molecule has 2 unspecified atom stereocenters. The number of carboxylic acid groups (broad SMARTS) is 1. The van der Waals surface area contributed by atoms with E-state index in [-0.39, 0.29) is 6.04 Å². The molecule has 0 aliphatic heterocycles. The molecule has 116 valence electrons. The first kappa shape index (κ1) is 16.2.